The molecule has 2 unspecified atom stereocenters. The third-order valence-corrected chi connectivity index (χ3v) is 6.60. The van der Waals surface area contributed by atoms with Gasteiger partial charge in [0.1, 0.15) is 5.75 Å². The zero-order valence-corrected chi connectivity index (χ0v) is 16.7. The number of fused-ring (bicyclic) bond motifs is 1. The summed E-state index contributed by atoms with van der Waals surface area (Å²) < 4.78 is 19.4. The fourth-order valence-electron chi connectivity index (χ4n) is 5.54. The van der Waals surface area contributed by atoms with Crippen LogP contribution in [0.1, 0.15) is 46.3 Å². The summed E-state index contributed by atoms with van der Waals surface area (Å²) in [5.74, 6) is 1.04. The molecule has 5 heteroatoms. The van der Waals surface area contributed by atoms with Crippen LogP contribution in [0, 0.1) is 0 Å². The average Bonchev–Trinajstić information content (AvgIpc) is 3.48. The molecule has 0 radical (unpaired) electrons. The Hall–Kier alpha value is -2.98. The number of benzene rings is 1. The Balaban J connectivity index is 0.00000181. The quantitative estimate of drug-likeness (QED) is 0.486. The summed E-state index contributed by atoms with van der Waals surface area (Å²) in [4.78, 5) is 0. The van der Waals surface area contributed by atoms with Gasteiger partial charge in [-0.2, -0.15) is 4.57 Å². The molecule has 3 aliphatic rings. The van der Waals surface area contributed by atoms with E-state index in [1.54, 1.807) is 19.6 Å². The van der Waals surface area contributed by atoms with Gasteiger partial charge in [0, 0.05) is 40.8 Å². The average molecular weight is 406 g/mol. The minimum Gasteiger partial charge on any atom is -1.00 e. The van der Waals surface area contributed by atoms with Crippen molar-refractivity contribution in [3.8, 4) is 5.75 Å². The first-order chi connectivity index (χ1) is 13.8. The van der Waals surface area contributed by atoms with E-state index in [1.807, 2.05) is 12.5 Å². The molecule has 0 N–H and O–H groups in total. The van der Waals surface area contributed by atoms with Crippen molar-refractivity contribution >= 4 is 0 Å². The molecule has 2 bridgehead atoms. The molecular weight excluding hydrogens is 386 g/mol. The van der Waals surface area contributed by atoms with E-state index in [2.05, 4.69) is 59.3 Å². The van der Waals surface area contributed by atoms with E-state index in [0.717, 1.165) is 12.2 Å². The molecule has 5 heterocycles. The molecule has 7 rings (SSSR count). The number of hydrogen-bond donors (Lipinski definition) is 0. The summed E-state index contributed by atoms with van der Waals surface area (Å²) in [6.45, 7) is 0. The lowest BCUT2D eigenvalue weighted by Gasteiger charge is -2.48. The number of ether oxygens (including phenoxy) is 1. The first kappa shape index (κ1) is 18.1. The van der Waals surface area contributed by atoms with Gasteiger partial charge in [-0.1, -0.05) is 18.2 Å². The molecule has 0 saturated carbocycles. The normalized spacial score (nSPS) is 20.4. The van der Waals surface area contributed by atoms with Crippen molar-refractivity contribution in [2.75, 3.05) is 7.11 Å². The summed E-state index contributed by atoms with van der Waals surface area (Å²) in [5, 5.41) is 0. The number of aromatic nitrogens is 1. The molecule has 0 amide bonds. The number of halogens is 1. The van der Waals surface area contributed by atoms with E-state index in [9.17, 15) is 0 Å². The number of nitrogens with zero attached hydrogens (tertiary/aromatic N) is 1. The van der Waals surface area contributed by atoms with Crippen molar-refractivity contribution in [2.45, 2.75) is 23.8 Å². The van der Waals surface area contributed by atoms with Crippen LogP contribution in [0.15, 0.2) is 88.6 Å². The van der Waals surface area contributed by atoms with Crippen LogP contribution in [-0.4, -0.2) is 7.11 Å². The molecule has 2 atom stereocenters. The Kier molecular flexibility index (Phi) is 4.07. The van der Waals surface area contributed by atoms with Crippen LogP contribution in [-0.2, 0) is 5.41 Å². The van der Waals surface area contributed by atoms with E-state index < -0.39 is 0 Å². The summed E-state index contributed by atoms with van der Waals surface area (Å²) in [5.41, 5.74) is 5.99. The smallest absolute Gasteiger partial charge is 0.190 e. The van der Waals surface area contributed by atoms with Gasteiger partial charge in [0.2, 0.25) is 0 Å². The van der Waals surface area contributed by atoms with Gasteiger partial charge >= 0.3 is 0 Å². The minimum absolute atomic E-state index is 0. The Morgan fingerprint density at radius 1 is 0.966 bits per heavy atom. The second kappa shape index (κ2) is 6.53. The van der Waals surface area contributed by atoms with Crippen molar-refractivity contribution < 1.29 is 30.5 Å². The van der Waals surface area contributed by atoms with Crippen molar-refractivity contribution in [3.63, 3.8) is 0 Å². The van der Waals surface area contributed by atoms with Crippen LogP contribution in [0.3, 0.4) is 0 Å². The monoisotopic (exact) mass is 405 g/mol. The summed E-state index contributed by atoms with van der Waals surface area (Å²) in [6, 6.07) is 17.3. The first-order valence-corrected chi connectivity index (χ1v) is 9.57. The fourth-order valence-corrected chi connectivity index (χ4v) is 5.54. The number of hydrogen-bond acceptors (Lipinski definition) is 3. The SMILES string of the molecule is COc1cccc2c1C1c3cccc[n+]3C2CC1(c1ccoc1)c1ccoc1.[Cl-]. The third kappa shape index (κ3) is 2.24. The lowest BCUT2D eigenvalue weighted by Crippen LogP contribution is -3.00. The maximum Gasteiger partial charge on any atom is 0.190 e. The lowest BCUT2D eigenvalue weighted by molar-refractivity contribution is -0.732. The molecule has 3 aromatic heterocycles. The van der Waals surface area contributed by atoms with Crippen molar-refractivity contribution in [1.29, 1.82) is 0 Å². The highest BCUT2D eigenvalue weighted by molar-refractivity contribution is 5.58. The molecule has 146 valence electrons. The second-order valence-electron chi connectivity index (χ2n) is 7.64. The molecule has 4 nitrogen and oxygen atoms in total. The molecule has 0 spiro atoms. The predicted molar refractivity (Wildman–Crippen MR) is 102 cm³/mol. The van der Waals surface area contributed by atoms with Gasteiger partial charge < -0.3 is 26.0 Å². The summed E-state index contributed by atoms with van der Waals surface area (Å²) in [7, 11) is 1.76. The highest BCUT2D eigenvalue weighted by atomic mass is 35.5. The van der Waals surface area contributed by atoms with Gasteiger partial charge in [0.25, 0.3) is 0 Å². The van der Waals surface area contributed by atoms with Crippen LogP contribution >= 0.6 is 0 Å². The van der Waals surface area contributed by atoms with Gasteiger partial charge in [0.05, 0.1) is 43.5 Å². The molecule has 1 aromatic carbocycles. The van der Waals surface area contributed by atoms with Crippen LogP contribution < -0.4 is 21.7 Å². The molecule has 4 aromatic rings. The van der Waals surface area contributed by atoms with Gasteiger partial charge in [-0.15, -0.1) is 0 Å². The van der Waals surface area contributed by atoms with Gasteiger partial charge in [-0.25, -0.2) is 0 Å². The Morgan fingerprint density at radius 2 is 1.72 bits per heavy atom. The van der Waals surface area contributed by atoms with Gasteiger partial charge in [0.15, 0.2) is 17.9 Å². The number of methoxy groups -OCH3 is 1. The Bertz CT molecular complexity index is 1120. The summed E-state index contributed by atoms with van der Waals surface area (Å²) >= 11 is 0. The predicted octanol–water partition coefficient (Wildman–Crippen LogP) is 1.60. The topological polar surface area (TPSA) is 39.4 Å². The number of pyridine rings is 1. The first-order valence-electron chi connectivity index (χ1n) is 9.57. The third-order valence-electron chi connectivity index (χ3n) is 6.60. The molecular formula is C24H20ClNO3. The Labute approximate surface area is 175 Å². The fraction of sp³-hybridized carbons (Fsp3) is 0.208. The molecule has 29 heavy (non-hydrogen) atoms. The molecule has 0 fully saturated rings. The standard InChI is InChI=1S/C24H20NO3.ClH/c1-26-21-7-4-5-18-20-13-24(16-8-11-27-14-16,17-9-12-28-15-17)23(22(18)21)19-6-2-3-10-25(19)20;/h2-12,14-15,20,23H,13H2,1H3;1H/q+1;/p-1. The second-order valence-corrected chi connectivity index (χ2v) is 7.64. The largest absolute Gasteiger partial charge is 1.00 e. The van der Waals surface area contributed by atoms with E-state index in [-0.39, 0.29) is 29.8 Å². The molecule has 2 aliphatic heterocycles. The van der Waals surface area contributed by atoms with Crippen LogP contribution in [0.5, 0.6) is 5.75 Å². The van der Waals surface area contributed by atoms with Crippen molar-refractivity contribution in [1.82, 2.24) is 0 Å². The molecule has 0 saturated heterocycles. The van der Waals surface area contributed by atoms with E-state index in [4.69, 9.17) is 13.6 Å². The van der Waals surface area contributed by atoms with Crippen molar-refractivity contribution in [2.24, 2.45) is 0 Å². The zero-order chi connectivity index (χ0) is 18.7. The van der Waals surface area contributed by atoms with Gasteiger partial charge in [-0.3, -0.25) is 0 Å². The highest BCUT2D eigenvalue weighted by Crippen LogP contribution is 2.61. The van der Waals surface area contributed by atoms with E-state index >= 15 is 0 Å². The maximum absolute atomic E-state index is 5.85. The van der Waals surface area contributed by atoms with Crippen molar-refractivity contribution in [3.05, 3.63) is 108 Å². The Morgan fingerprint density at radius 3 is 2.38 bits per heavy atom. The zero-order valence-electron chi connectivity index (χ0n) is 15.9. The van der Waals surface area contributed by atoms with Crippen LogP contribution in [0.2, 0.25) is 0 Å². The lowest BCUT2D eigenvalue weighted by atomic mass is 9.54. The maximum atomic E-state index is 5.85. The molecule has 1 aliphatic carbocycles. The highest BCUT2D eigenvalue weighted by Gasteiger charge is 2.60. The van der Waals surface area contributed by atoms with Gasteiger partial charge in [-0.05, 0) is 18.2 Å². The van der Waals surface area contributed by atoms with Crippen LogP contribution in [0.4, 0.5) is 0 Å². The van der Waals surface area contributed by atoms with Crippen LogP contribution in [0.25, 0.3) is 0 Å². The summed E-state index contributed by atoms with van der Waals surface area (Å²) in [6.07, 6.45) is 10.4. The number of rotatable bonds is 3. The van der Waals surface area contributed by atoms with E-state index in [0.29, 0.717) is 0 Å². The van der Waals surface area contributed by atoms with E-state index in [1.165, 1.54) is 27.9 Å². The minimum atomic E-state index is -0.270. The number of furan rings is 2.